The number of halogens is 1. The number of amides is 1. The molecule has 0 saturated carbocycles. The third-order valence-electron chi connectivity index (χ3n) is 3.36. The van der Waals surface area contributed by atoms with E-state index in [0.717, 1.165) is 11.2 Å². The van der Waals surface area contributed by atoms with Crippen molar-refractivity contribution in [3.05, 3.63) is 35.1 Å². The molecule has 9 nitrogen and oxygen atoms in total. The maximum atomic E-state index is 11.6. The molecule has 1 aliphatic heterocycles. The van der Waals surface area contributed by atoms with E-state index in [1.807, 2.05) is 0 Å². The van der Waals surface area contributed by atoms with E-state index in [9.17, 15) is 14.7 Å². The summed E-state index contributed by atoms with van der Waals surface area (Å²) < 4.78 is 15.7. The Labute approximate surface area is 146 Å². The smallest absolute Gasteiger partial charge is 0.413 e. The van der Waals surface area contributed by atoms with Gasteiger partial charge in [-0.15, -0.1) is 0 Å². The first-order valence-corrected chi connectivity index (χ1v) is 7.43. The Morgan fingerprint density at radius 3 is 2.88 bits per heavy atom. The summed E-state index contributed by atoms with van der Waals surface area (Å²) in [6, 6.07) is 4.35. The number of methoxy groups -OCH3 is 1. The lowest BCUT2D eigenvalue weighted by molar-refractivity contribution is 0.0600. The fraction of sp³-hybridized carbons (Fsp3) is 0.200. The first-order valence-electron chi connectivity index (χ1n) is 7.05. The first kappa shape index (κ1) is 16.8. The average Bonchev–Trinajstić information content (AvgIpc) is 2.62. The molecule has 25 heavy (non-hydrogen) atoms. The maximum Gasteiger partial charge on any atom is 0.413 e. The van der Waals surface area contributed by atoms with Crippen LogP contribution in [-0.4, -0.2) is 47.4 Å². The van der Waals surface area contributed by atoms with Crippen molar-refractivity contribution in [1.82, 2.24) is 9.97 Å². The Balaban J connectivity index is 1.98. The van der Waals surface area contributed by atoms with Gasteiger partial charge in [0.15, 0.2) is 5.82 Å². The highest BCUT2D eigenvalue weighted by atomic mass is 35.5. The van der Waals surface area contributed by atoms with Crippen molar-refractivity contribution in [2.24, 2.45) is 0 Å². The molecule has 10 heteroatoms. The van der Waals surface area contributed by atoms with E-state index < -0.39 is 12.1 Å². The molecule has 2 aromatic rings. The van der Waals surface area contributed by atoms with Gasteiger partial charge >= 0.3 is 12.1 Å². The largest absolute Gasteiger partial charge is 0.483 e. The highest BCUT2D eigenvalue weighted by Crippen LogP contribution is 2.40. The van der Waals surface area contributed by atoms with Gasteiger partial charge < -0.3 is 19.3 Å². The molecular weight excluding hydrogens is 354 g/mol. The molecule has 1 amide bonds. The lowest BCUT2D eigenvalue weighted by Crippen LogP contribution is -2.37. The number of hydrogen-bond acceptors (Lipinski definition) is 7. The van der Waals surface area contributed by atoms with E-state index in [0.29, 0.717) is 0 Å². The third kappa shape index (κ3) is 3.26. The summed E-state index contributed by atoms with van der Waals surface area (Å²) in [7, 11) is 1.26. The van der Waals surface area contributed by atoms with Crippen molar-refractivity contribution in [2.75, 3.05) is 25.2 Å². The quantitative estimate of drug-likeness (QED) is 0.826. The number of carbonyl (C=O) groups excluding carboxylic acids is 1. The normalized spacial score (nSPS) is 12.8. The van der Waals surface area contributed by atoms with E-state index in [1.165, 1.54) is 25.3 Å². The van der Waals surface area contributed by atoms with Crippen LogP contribution in [0.15, 0.2) is 24.5 Å². The van der Waals surface area contributed by atoms with Crippen molar-refractivity contribution in [3.8, 4) is 17.4 Å². The summed E-state index contributed by atoms with van der Waals surface area (Å²) in [5.74, 6) is -0.277. The lowest BCUT2D eigenvalue weighted by atomic mass is 10.2. The van der Waals surface area contributed by atoms with Crippen molar-refractivity contribution >= 4 is 29.5 Å². The molecule has 0 radical (unpaired) electrons. The number of esters is 1. The number of aromatic nitrogens is 2. The zero-order valence-electron chi connectivity index (χ0n) is 12.9. The minimum atomic E-state index is -1.17. The highest BCUT2D eigenvalue weighted by Gasteiger charge is 2.29. The van der Waals surface area contributed by atoms with Gasteiger partial charge in [0.1, 0.15) is 18.7 Å². The van der Waals surface area contributed by atoms with Crippen molar-refractivity contribution in [3.63, 3.8) is 0 Å². The first-order chi connectivity index (χ1) is 12.0. The van der Waals surface area contributed by atoms with Crippen LogP contribution in [-0.2, 0) is 4.74 Å². The fourth-order valence-corrected chi connectivity index (χ4v) is 2.36. The Hall–Kier alpha value is -3.07. The van der Waals surface area contributed by atoms with Gasteiger partial charge in [-0.3, -0.25) is 4.90 Å². The van der Waals surface area contributed by atoms with Crippen molar-refractivity contribution in [1.29, 1.82) is 0 Å². The summed E-state index contributed by atoms with van der Waals surface area (Å²) in [5.41, 5.74) is 0.234. The zero-order chi connectivity index (χ0) is 18.0. The number of anilines is 1. The van der Waals surface area contributed by atoms with E-state index in [4.69, 9.17) is 21.1 Å². The van der Waals surface area contributed by atoms with Gasteiger partial charge in [0, 0.05) is 0 Å². The number of hydrogen-bond donors (Lipinski definition) is 1. The molecule has 0 spiro atoms. The molecule has 1 N–H and O–H groups in total. The van der Waals surface area contributed by atoms with Crippen LogP contribution in [0.3, 0.4) is 0 Å². The molecule has 0 fully saturated rings. The third-order valence-corrected chi connectivity index (χ3v) is 3.67. The molecule has 0 saturated heterocycles. The van der Waals surface area contributed by atoms with Gasteiger partial charge in [0.25, 0.3) is 5.88 Å². The van der Waals surface area contributed by atoms with Crippen LogP contribution >= 0.6 is 11.6 Å². The van der Waals surface area contributed by atoms with E-state index in [-0.39, 0.29) is 46.9 Å². The van der Waals surface area contributed by atoms with Gasteiger partial charge in [-0.1, -0.05) is 11.6 Å². The molecule has 1 aliphatic rings. The highest BCUT2D eigenvalue weighted by molar-refractivity contribution is 6.32. The van der Waals surface area contributed by atoms with Crippen LogP contribution in [0.25, 0.3) is 0 Å². The fourth-order valence-electron chi connectivity index (χ4n) is 2.20. The molecule has 0 aliphatic carbocycles. The van der Waals surface area contributed by atoms with Crippen LogP contribution in [0.1, 0.15) is 10.4 Å². The number of rotatable bonds is 3. The minimum Gasteiger partial charge on any atom is -0.483 e. The van der Waals surface area contributed by atoms with E-state index >= 15 is 0 Å². The second kappa shape index (κ2) is 6.81. The number of ether oxygens (including phenoxy) is 3. The Bertz CT molecular complexity index is 844. The number of nitrogens with zero attached hydrogens (tertiary/aromatic N) is 3. The minimum absolute atomic E-state index is 0.0140. The number of benzene rings is 1. The molecular formula is C15H12ClN3O6. The van der Waals surface area contributed by atoms with Gasteiger partial charge in [0.05, 0.1) is 24.2 Å². The summed E-state index contributed by atoms with van der Waals surface area (Å²) in [6.07, 6.45) is -0.0171. The summed E-state index contributed by atoms with van der Waals surface area (Å²) >= 11 is 6.09. The molecule has 0 bridgehead atoms. The van der Waals surface area contributed by atoms with Gasteiger partial charge in [0.2, 0.25) is 5.75 Å². The molecule has 1 aromatic carbocycles. The Morgan fingerprint density at radius 2 is 2.16 bits per heavy atom. The predicted molar refractivity (Wildman–Crippen MR) is 85.8 cm³/mol. The molecule has 2 heterocycles. The monoisotopic (exact) mass is 365 g/mol. The molecule has 3 rings (SSSR count). The summed E-state index contributed by atoms with van der Waals surface area (Å²) in [6.45, 7) is 0.260. The van der Waals surface area contributed by atoms with Crippen LogP contribution < -0.4 is 14.4 Å². The van der Waals surface area contributed by atoms with Gasteiger partial charge in [-0.05, 0) is 18.2 Å². The van der Waals surface area contributed by atoms with E-state index in [1.54, 1.807) is 0 Å². The molecule has 0 atom stereocenters. The maximum absolute atomic E-state index is 11.6. The summed E-state index contributed by atoms with van der Waals surface area (Å²) in [4.78, 5) is 31.8. The van der Waals surface area contributed by atoms with Gasteiger partial charge in [-0.25, -0.2) is 14.6 Å². The average molecular weight is 366 g/mol. The van der Waals surface area contributed by atoms with Gasteiger partial charge in [-0.2, -0.15) is 4.98 Å². The van der Waals surface area contributed by atoms with Crippen LogP contribution in [0, 0.1) is 0 Å². The number of carboxylic acid groups (broad SMARTS) is 1. The number of fused-ring (bicyclic) bond motifs is 1. The van der Waals surface area contributed by atoms with Crippen molar-refractivity contribution < 1.29 is 28.9 Å². The van der Waals surface area contributed by atoms with Crippen molar-refractivity contribution in [2.45, 2.75) is 0 Å². The topological polar surface area (TPSA) is 111 Å². The second-order valence-corrected chi connectivity index (χ2v) is 5.26. The lowest BCUT2D eigenvalue weighted by Gasteiger charge is -2.26. The second-order valence-electron chi connectivity index (χ2n) is 4.85. The standard InChI is InChI=1S/C15H12ClN3O6/c1-23-14(20)8-2-3-9(16)10(6-8)25-13-11-12(17-7-18-13)19(15(21)22)4-5-24-11/h2-3,6-7H,4-5H2,1H3,(H,21,22). The molecule has 130 valence electrons. The van der Waals surface area contributed by atoms with E-state index in [2.05, 4.69) is 14.7 Å². The zero-order valence-corrected chi connectivity index (χ0v) is 13.7. The predicted octanol–water partition coefficient (Wildman–Crippen LogP) is 2.59. The number of carbonyl (C=O) groups is 2. The summed E-state index contributed by atoms with van der Waals surface area (Å²) in [5, 5.41) is 9.46. The van der Waals surface area contributed by atoms with Crippen LogP contribution in [0.4, 0.5) is 10.6 Å². The molecule has 1 aromatic heterocycles. The van der Waals surface area contributed by atoms with Crippen LogP contribution in [0.5, 0.6) is 17.4 Å². The SMILES string of the molecule is COC(=O)c1ccc(Cl)c(Oc2ncnc3c2OCCN3C(=O)O)c1. The molecule has 0 unspecified atom stereocenters. The van der Waals surface area contributed by atoms with Crippen LogP contribution in [0.2, 0.25) is 5.02 Å². The Kier molecular flexibility index (Phi) is 4.57. The Morgan fingerprint density at radius 1 is 1.36 bits per heavy atom.